The smallest absolute Gasteiger partial charge is 0.277 e. The number of hydrogen-bond acceptors (Lipinski definition) is 5. The van der Waals surface area contributed by atoms with Crippen LogP contribution in [0.5, 0.6) is 17.2 Å². The van der Waals surface area contributed by atoms with Crippen molar-refractivity contribution in [2.45, 2.75) is 13.3 Å². The molecule has 6 nitrogen and oxygen atoms in total. The van der Waals surface area contributed by atoms with Gasteiger partial charge in [-0.1, -0.05) is 48.0 Å². The van der Waals surface area contributed by atoms with Crippen molar-refractivity contribution in [3.05, 3.63) is 89.5 Å². The summed E-state index contributed by atoms with van der Waals surface area (Å²) < 4.78 is 16.7. The van der Waals surface area contributed by atoms with Gasteiger partial charge in [0.05, 0.1) is 19.9 Å². The molecule has 0 atom stereocenters. The van der Waals surface area contributed by atoms with Crippen LogP contribution >= 0.6 is 0 Å². The Morgan fingerprint density at radius 2 is 1.74 bits per heavy atom. The number of hydrogen-bond donors (Lipinski definition) is 1. The highest BCUT2D eigenvalue weighted by molar-refractivity contribution is 5.83. The molecule has 31 heavy (non-hydrogen) atoms. The molecule has 3 aromatic carbocycles. The molecule has 3 aromatic rings. The Morgan fingerprint density at radius 1 is 0.968 bits per heavy atom. The second-order valence-electron chi connectivity index (χ2n) is 6.89. The summed E-state index contributed by atoms with van der Waals surface area (Å²) in [6, 6.07) is 23.1. The van der Waals surface area contributed by atoms with Gasteiger partial charge in [0.25, 0.3) is 5.91 Å². The zero-order chi connectivity index (χ0) is 21.9. The number of hydrazone groups is 1. The topological polar surface area (TPSA) is 69.2 Å². The zero-order valence-electron chi connectivity index (χ0n) is 17.7. The number of ether oxygens (including phenoxy) is 3. The highest BCUT2D eigenvalue weighted by Crippen LogP contribution is 2.27. The minimum absolute atomic E-state index is 0.113. The Balaban J connectivity index is 1.47. The molecule has 0 spiro atoms. The van der Waals surface area contributed by atoms with Crippen LogP contribution in [0.1, 0.15) is 16.7 Å². The van der Waals surface area contributed by atoms with Gasteiger partial charge < -0.3 is 14.2 Å². The van der Waals surface area contributed by atoms with Crippen LogP contribution in [0.25, 0.3) is 0 Å². The fourth-order valence-corrected chi connectivity index (χ4v) is 2.80. The molecule has 0 aliphatic rings. The van der Waals surface area contributed by atoms with Gasteiger partial charge in [0.15, 0.2) is 18.1 Å². The molecule has 6 heteroatoms. The van der Waals surface area contributed by atoms with E-state index in [1.165, 1.54) is 5.56 Å². The summed E-state index contributed by atoms with van der Waals surface area (Å²) in [4.78, 5) is 11.9. The number of aryl methyl sites for hydroxylation is 1. The largest absolute Gasteiger partial charge is 0.493 e. The molecule has 0 saturated heterocycles. The third-order valence-corrected chi connectivity index (χ3v) is 4.47. The van der Waals surface area contributed by atoms with Crippen molar-refractivity contribution in [1.82, 2.24) is 5.43 Å². The second kappa shape index (κ2) is 11.4. The number of nitrogens with zero attached hydrogens (tertiary/aromatic N) is 1. The molecule has 0 heterocycles. The van der Waals surface area contributed by atoms with Gasteiger partial charge in [-0.2, -0.15) is 5.10 Å². The monoisotopic (exact) mass is 418 g/mol. The van der Waals surface area contributed by atoms with Crippen LogP contribution in [-0.2, 0) is 11.2 Å². The van der Waals surface area contributed by atoms with Crippen LogP contribution < -0.4 is 19.6 Å². The summed E-state index contributed by atoms with van der Waals surface area (Å²) in [5, 5.41) is 3.97. The molecule has 3 rings (SSSR count). The minimum Gasteiger partial charge on any atom is -0.493 e. The predicted molar refractivity (Wildman–Crippen MR) is 121 cm³/mol. The average molecular weight is 418 g/mol. The summed E-state index contributed by atoms with van der Waals surface area (Å²) in [6.07, 6.45) is 2.35. The van der Waals surface area contributed by atoms with Gasteiger partial charge in [0, 0.05) is 6.42 Å². The lowest BCUT2D eigenvalue weighted by Gasteiger charge is -2.11. The van der Waals surface area contributed by atoms with E-state index in [2.05, 4.69) is 22.7 Å². The van der Waals surface area contributed by atoms with Gasteiger partial charge in [-0.3, -0.25) is 4.79 Å². The van der Waals surface area contributed by atoms with E-state index in [1.54, 1.807) is 19.4 Å². The number of nitrogens with one attached hydrogen (secondary N) is 1. The predicted octanol–water partition coefficient (Wildman–Crippen LogP) is 4.15. The maximum Gasteiger partial charge on any atom is 0.277 e. The maximum atomic E-state index is 11.9. The number of amides is 1. The molecular weight excluding hydrogens is 392 g/mol. The van der Waals surface area contributed by atoms with Crippen molar-refractivity contribution in [3.8, 4) is 17.2 Å². The van der Waals surface area contributed by atoms with E-state index >= 15 is 0 Å². The Morgan fingerprint density at radius 3 is 2.48 bits per heavy atom. The van der Waals surface area contributed by atoms with Crippen LogP contribution in [0.15, 0.2) is 77.9 Å². The van der Waals surface area contributed by atoms with E-state index in [0.29, 0.717) is 23.9 Å². The van der Waals surface area contributed by atoms with Gasteiger partial charge in [-0.05, 0) is 48.4 Å². The van der Waals surface area contributed by atoms with Crippen molar-refractivity contribution in [2.75, 3.05) is 20.3 Å². The molecule has 0 radical (unpaired) electrons. The first-order valence-electron chi connectivity index (χ1n) is 10.00. The fourth-order valence-electron chi connectivity index (χ4n) is 2.80. The van der Waals surface area contributed by atoms with Gasteiger partial charge in [-0.15, -0.1) is 0 Å². The number of carbonyl (C=O) groups excluding carboxylic acids is 1. The quantitative estimate of drug-likeness (QED) is 0.397. The Bertz CT molecular complexity index is 1000. The molecule has 0 aliphatic heterocycles. The van der Waals surface area contributed by atoms with E-state index in [1.807, 2.05) is 61.5 Å². The molecule has 0 fully saturated rings. The summed E-state index contributed by atoms with van der Waals surface area (Å²) in [7, 11) is 1.59. The fraction of sp³-hybridized carbons (Fsp3) is 0.200. The lowest BCUT2D eigenvalue weighted by molar-refractivity contribution is -0.123. The van der Waals surface area contributed by atoms with Crippen molar-refractivity contribution in [2.24, 2.45) is 5.10 Å². The number of rotatable bonds is 10. The van der Waals surface area contributed by atoms with Gasteiger partial charge in [0.2, 0.25) is 0 Å². The van der Waals surface area contributed by atoms with E-state index in [0.717, 1.165) is 17.5 Å². The van der Waals surface area contributed by atoms with Crippen LogP contribution in [0.4, 0.5) is 0 Å². The lowest BCUT2D eigenvalue weighted by Crippen LogP contribution is -2.24. The number of benzene rings is 3. The molecule has 0 aliphatic carbocycles. The third-order valence-electron chi connectivity index (χ3n) is 4.47. The third kappa shape index (κ3) is 7.19. The molecule has 0 bridgehead atoms. The first-order valence-corrected chi connectivity index (χ1v) is 10.00. The van der Waals surface area contributed by atoms with E-state index in [9.17, 15) is 4.79 Å². The summed E-state index contributed by atoms with van der Waals surface area (Å²) in [6.45, 7) is 2.42. The van der Waals surface area contributed by atoms with Crippen LogP contribution in [0, 0.1) is 6.92 Å². The van der Waals surface area contributed by atoms with Crippen molar-refractivity contribution in [1.29, 1.82) is 0 Å². The number of carbonyl (C=O) groups is 1. The summed E-state index contributed by atoms with van der Waals surface area (Å²) in [5.74, 6) is 1.55. The standard InChI is InChI=1S/C25H26N2O4/c1-19-8-11-22(12-9-19)31-18-25(28)27-26-17-21-10-13-23(24(16-21)29-2)30-15-14-20-6-4-3-5-7-20/h3-13,16-17H,14-15,18H2,1-2H3,(H,27,28)/b26-17+. The second-order valence-corrected chi connectivity index (χ2v) is 6.89. The average Bonchev–Trinajstić information content (AvgIpc) is 2.80. The molecule has 1 N–H and O–H groups in total. The first kappa shape index (κ1) is 21.9. The zero-order valence-corrected chi connectivity index (χ0v) is 17.7. The molecule has 160 valence electrons. The highest BCUT2D eigenvalue weighted by Gasteiger charge is 2.06. The lowest BCUT2D eigenvalue weighted by atomic mass is 10.2. The SMILES string of the molecule is COc1cc(/C=N/NC(=O)COc2ccc(C)cc2)ccc1OCCc1ccccc1. The highest BCUT2D eigenvalue weighted by atomic mass is 16.5. The Kier molecular flexibility index (Phi) is 8.05. The normalized spacial score (nSPS) is 10.6. The Labute approximate surface area is 182 Å². The number of methoxy groups -OCH3 is 1. The van der Waals surface area contributed by atoms with Crippen molar-refractivity contribution >= 4 is 12.1 Å². The van der Waals surface area contributed by atoms with E-state index < -0.39 is 0 Å². The molecule has 1 amide bonds. The Hall–Kier alpha value is -3.80. The van der Waals surface area contributed by atoms with Crippen molar-refractivity contribution < 1.29 is 19.0 Å². The van der Waals surface area contributed by atoms with E-state index in [-0.39, 0.29) is 12.5 Å². The van der Waals surface area contributed by atoms with Crippen LogP contribution in [-0.4, -0.2) is 32.4 Å². The molecular formula is C25H26N2O4. The van der Waals surface area contributed by atoms with Gasteiger partial charge in [0.1, 0.15) is 5.75 Å². The van der Waals surface area contributed by atoms with Crippen LogP contribution in [0.2, 0.25) is 0 Å². The first-order chi connectivity index (χ1) is 15.1. The van der Waals surface area contributed by atoms with Crippen LogP contribution in [0.3, 0.4) is 0 Å². The van der Waals surface area contributed by atoms with Gasteiger partial charge >= 0.3 is 0 Å². The van der Waals surface area contributed by atoms with Gasteiger partial charge in [-0.25, -0.2) is 5.43 Å². The van der Waals surface area contributed by atoms with E-state index in [4.69, 9.17) is 14.2 Å². The molecule has 0 saturated carbocycles. The maximum absolute atomic E-state index is 11.9. The molecule has 0 aromatic heterocycles. The summed E-state index contributed by atoms with van der Waals surface area (Å²) in [5.41, 5.74) is 5.57. The summed E-state index contributed by atoms with van der Waals surface area (Å²) >= 11 is 0. The molecule has 0 unspecified atom stereocenters. The van der Waals surface area contributed by atoms with Crippen molar-refractivity contribution in [3.63, 3.8) is 0 Å². The minimum atomic E-state index is -0.343.